The lowest BCUT2D eigenvalue weighted by molar-refractivity contribution is -0.122. The molecule has 176 valence electrons. The third-order valence-electron chi connectivity index (χ3n) is 5.53. The van der Waals surface area contributed by atoms with Crippen molar-refractivity contribution in [3.8, 4) is 0 Å². The van der Waals surface area contributed by atoms with Gasteiger partial charge in [-0.25, -0.2) is 18.1 Å². The smallest absolute Gasteiger partial charge is 0.337 e. The summed E-state index contributed by atoms with van der Waals surface area (Å²) in [5, 5.41) is 1.65. The third kappa shape index (κ3) is 4.52. The van der Waals surface area contributed by atoms with E-state index in [0.29, 0.717) is 5.56 Å². The monoisotopic (exact) mass is 498 g/mol. The molecule has 0 spiro atoms. The molecule has 10 heteroatoms. The fourth-order valence-electron chi connectivity index (χ4n) is 3.74. The second kappa shape index (κ2) is 9.49. The molecule has 2 aromatic carbocycles. The Morgan fingerprint density at radius 2 is 1.76 bits per heavy atom. The molecule has 1 fully saturated rings. The second-order valence-electron chi connectivity index (χ2n) is 7.79. The molecule has 1 aromatic heterocycles. The predicted molar refractivity (Wildman–Crippen MR) is 127 cm³/mol. The van der Waals surface area contributed by atoms with Crippen LogP contribution in [0.25, 0.3) is 0 Å². The number of aryl methyl sites for hydroxylation is 1. The first-order chi connectivity index (χ1) is 16.2. The van der Waals surface area contributed by atoms with Crippen LogP contribution < -0.4 is 4.90 Å². The number of carbonyl (C=O) groups excluding carboxylic acids is 3. The fraction of sp³-hybridized carbons (Fsp3) is 0.208. The molecule has 0 saturated carbocycles. The minimum atomic E-state index is -4.04. The van der Waals surface area contributed by atoms with Crippen LogP contribution in [-0.4, -0.2) is 43.7 Å². The molecule has 1 saturated heterocycles. The van der Waals surface area contributed by atoms with E-state index in [2.05, 4.69) is 4.74 Å². The molecule has 0 bridgehead atoms. The largest absolute Gasteiger partial charge is 0.465 e. The van der Waals surface area contributed by atoms with E-state index in [1.54, 1.807) is 23.6 Å². The van der Waals surface area contributed by atoms with Crippen molar-refractivity contribution in [1.29, 1.82) is 0 Å². The minimum absolute atomic E-state index is 0.0562. The molecule has 1 atom stereocenters. The average molecular weight is 499 g/mol. The lowest BCUT2D eigenvalue weighted by atomic mass is 10.1. The van der Waals surface area contributed by atoms with E-state index in [4.69, 9.17) is 0 Å². The number of nitrogens with zero attached hydrogens (tertiary/aromatic N) is 2. The maximum Gasteiger partial charge on any atom is 0.337 e. The maximum atomic E-state index is 13.5. The van der Waals surface area contributed by atoms with Crippen molar-refractivity contribution >= 4 is 44.8 Å². The number of sulfonamides is 1. The topological polar surface area (TPSA) is 101 Å². The number of hydrogen-bond acceptors (Lipinski definition) is 7. The minimum Gasteiger partial charge on any atom is -0.465 e. The Balaban J connectivity index is 1.69. The van der Waals surface area contributed by atoms with Gasteiger partial charge in [0, 0.05) is 6.54 Å². The summed E-state index contributed by atoms with van der Waals surface area (Å²) < 4.78 is 32.9. The molecule has 1 aliphatic heterocycles. The summed E-state index contributed by atoms with van der Waals surface area (Å²) >= 11 is 1.05. The first-order valence-electron chi connectivity index (χ1n) is 10.4. The SMILES string of the molecule is COC(=O)c1ccc(N2C(=O)CC(N(Cc3ccc(C)cc3)S(=O)(=O)c3cccs3)C2=O)cc1. The van der Waals surface area contributed by atoms with Gasteiger partial charge >= 0.3 is 5.97 Å². The number of esters is 1. The summed E-state index contributed by atoms with van der Waals surface area (Å²) in [6.07, 6.45) is -0.284. The molecule has 1 aliphatic rings. The van der Waals surface area contributed by atoms with Crippen LogP contribution in [0.5, 0.6) is 0 Å². The van der Waals surface area contributed by atoms with Gasteiger partial charge in [-0.1, -0.05) is 35.9 Å². The van der Waals surface area contributed by atoms with Crippen molar-refractivity contribution in [2.45, 2.75) is 30.1 Å². The highest BCUT2D eigenvalue weighted by atomic mass is 32.2. The standard InChI is InChI=1S/C24H22N2O6S2/c1-16-5-7-17(8-6-16)15-25(34(30,31)22-4-3-13-33-22)20-14-21(27)26(23(20)28)19-11-9-18(10-12-19)24(29)32-2/h3-13,20H,14-15H2,1-2H3. The lowest BCUT2D eigenvalue weighted by Gasteiger charge is -2.26. The van der Waals surface area contributed by atoms with Crippen LogP contribution in [0.2, 0.25) is 0 Å². The second-order valence-corrected chi connectivity index (χ2v) is 10.9. The predicted octanol–water partition coefficient (Wildman–Crippen LogP) is 3.37. The zero-order valence-corrected chi connectivity index (χ0v) is 20.1. The molecule has 1 unspecified atom stereocenters. The van der Waals surface area contributed by atoms with Gasteiger partial charge in [0.1, 0.15) is 10.3 Å². The van der Waals surface area contributed by atoms with Gasteiger partial charge in [0.25, 0.3) is 15.9 Å². The molecular formula is C24H22N2O6S2. The Kier molecular flexibility index (Phi) is 6.65. The maximum absolute atomic E-state index is 13.5. The van der Waals surface area contributed by atoms with Crippen molar-refractivity contribution in [1.82, 2.24) is 4.31 Å². The van der Waals surface area contributed by atoms with Gasteiger partial charge in [-0.15, -0.1) is 11.3 Å². The van der Waals surface area contributed by atoms with E-state index in [1.807, 2.05) is 19.1 Å². The first-order valence-corrected chi connectivity index (χ1v) is 12.7. The summed E-state index contributed by atoms with van der Waals surface area (Å²) in [6.45, 7) is 1.87. The number of anilines is 1. The van der Waals surface area contributed by atoms with Gasteiger partial charge in [-0.2, -0.15) is 4.31 Å². The van der Waals surface area contributed by atoms with Gasteiger partial charge in [-0.05, 0) is 48.2 Å². The molecule has 3 aromatic rings. The van der Waals surface area contributed by atoms with Crippen molar-refractivity contribution in [2.75, 3.05) is 12.0 Å². The number of ether oxygens (including phenoxy) is 1. The number of carbonyl (C=O) groups is 3. The number of amides is 2. The zero-order valence-electron chi connectivity index (χ0n) is 18.5. The van der Waals surface area contributed by atoms with E-state index >= 15 is 0 Å². The average Bonchev–Trinajstić information content (AvgIpc) is 3.47. The van der Waals surface area contributed by atoms with Gasteiger partial charge in [0.05, 0.1) is 24.8 Å². The Labute approximate surface area is 201 Å². The van der Waals surface area contributed by atoms with Crippen LogP contribution in [0.4, 0.5) is 5.69 Å². The molecule has 8 nitrogen and oxygen atoms in total. The molecular weight excluding hydrogens is 476 g/mol. The van der Waals surface area contributed by atoms with Gasteiger partial charge < -0.3 is 4.74 Å². The number of rotatable bonds is 7. The van der Waals surface area contributed by atoms with Crippen LogP contribution >= 0.6 is 11.3 Å². The first kappa shape index (κ1) is 23.8. The molecule has 34 heavy (non-hydrogen) atoms. The Hall–Kier alpha value is -3.34. The van der Waals surface area contributed by atoms with Crippen molar-refractivity contribution in [3.05, 3.63) is 82.7 Å². The van der Waals surface area contributed by atoms with E-state index in [9.17, 15) is 22.8 Å². The van der Waals surface area contributed by atoms with E-state index in [0.717, 1.165) is 26.1 Å². The van der Waals surface area contributed by atoms with Gasteiger partial charge in [0.15, 0.2) is 0 Å². The summed E-state index contributed by atoms with van der Waals surface area (Å²) in [6, 6.07) is 15.1. The van der Waals surface area contributed by atoms with Gasteiger partial charge in [-0.3, -0.25) is 9.59 Å². The highest BCUT2D eigenvalue weighted by molar-refractivity contribution is 7.91. The Morgan fingerprint density at radius 3 is 2.35 bits per heavy atom. The number of methoxy groups -OCH3 is 1. The van der Waals surface area contributed by atoms with Crippen molar-refractivity contribution in [2.24, 2.45) is 0 Å². The highest BCUT2D eigenvalue weighted by Crippen LogP contribution is 2.32. The van der Waals surface area contributed by atoms with Crippen LogP contribution in [0.3, 0.4) is 0 Å². The Morgan fingerprint density at radius 1 is 1.09 bits per heavy atom. The molecule has 4 rings (SSSR count). The van der Waals surface area contributed by atoms with E-state index in [1.165, 1.54) is 37.4 Å². The Bertz CT molecular complexity index is 1320. The third-order valence-corrected chi connectivity index (χ3v) is 8.76. The van der Waals surface area contributed by atoms with Crippen LogP contribution in [0.15, 0.2) is 70.3 Å². The summed E-state index contributed by atoms with van der Waals surface area (Å²) in [4.78, 5) is 38.9. The molecule has 0 radical (unpaired) electrons. The molecule has 2 amide bonds. The summed E-state index contributed by atoms with van der Waals surface area (Å²) in [7, 11) is -2.79. The van der Waals surface area contributed by atoms with Crippen molar-refractivity contribution in [3.63, 3.8) is 0 Å². The molecule has 2 heterocycles. The lowest BCUT2D eigenvalue weighted by Crippen LogP contribution is -2.44. The normalized spacial score (nSPS) is 16.3. The molecule has 0 N–H and O–H groups in total. The number of benzene rings is 2. The molecule has 0 aliphatic carbocycles. The van der Waals surface area contributed by atoms with Crippen molar-refractivity contribution < 1.29 is 27.5 Å². The van der Waals surface area contributed by atoms with E-state index < -0.39 is 33.8 Å². The number of thiophene rings is 1. The van der Waals surface area contributed by atoms with Crippen LogP contribution in [0.1, 0.15) is 27.9 Å². The van der Waals surface area contributed by atoms with Gasteiger partial charge in [0.2, 0.25) is 5.91 Å². The van der Waals surface area contributed by atoms with Crippen LogP contribution in [-0.2, 0) is 30.9 Å². The zero-order chi connectivity index (χ0) is 24.5. The van der Waals surface area contributed by atoms with E-state index in [-0.39, 0.29) is 28.4 Å². The number of imide groups is 1. The van der Waals surface area contributed by atoms with Crippen LogP contribution in [0, 0.1) is 6.92 Å². The summed E-state index contributed by atoms with van der Waals surface area (Å²) in [5.74, 6) is -1.70. The summed E-state index contributed by atoms with van der Waals surface area (Å²) in [5.41, 5.74) is 2.24. The number of hydrogen-bond donors (Lipinski definition) is 0. The highest BCUT2D eigenvalue weighted by Gasteiger charge is 2.47. The quantitative estimate of drug-likeness (QED) is 0.366. The fourth-order valence-corrected chi connectivity index (χ4v) is 6.43.